The Hall–Kier alpha value is -3.51. The number of para-hydroxylation sites is 1. The summed E-state index contributed by atoms with van der Waals surface area (Å²) in [5, 5.41) is 4.73. The fourth-order valence-corrected chi connectivity index (χ4v) is 4.51. The Balaban J connectivity index is 1.58. The van der Waals surface area contributed by atoms with Gasteiger partial charge >= 0.3 is 0 Å². The van der Waals surface area contributed by atoms with Crippen LogP contribution in [0.5, 0.6) is 0 Å². The van der Waals surface area contributed by atoms with Crippen LogP contribution in [-0.4, -0.2) is 38.3 Å². The minimum atomic E-state index is 0.178. The number of hydrogen-bond donors (Lipinski definition) is 1. The van der Waals surface area contributed by atoms with Crippen molar-refractivity contribution in [3.05, 3.63) is 83.2 Å². The van der Waals surface area contributed by atoms with Gasteiger partial charge in [0, 0.05) is 36.3 Å². The second kappa shape index (κ2) is 8.55. The molecular formula is C26H27N5O. The Kier molecular flexibility index (Phi) is 5.45. The first-order valence-corrected chi connectivity index (χ1v) is 11.1. The summed E-state index contributed by atoms with van der Waals surface area (Å²) in [6.07, 6.45) is 0.825. The summed E-state index contributed by atoms with van der Waals surface area (Å²) in [5.41, 5.74) is 5.54. The molecule has 2 aromatic heterocycles. The molecule has 6 heteroatoms. The van der Waals surface area contributed by atoms with Crippen LogP contribution >= 0.6 is 0 Å². The predicted octanol–water partition coefficient (Wildman–Crippen LogP) is 4.29. The highest BCUT2D eigenvalue weighted by Crippen LogP contribution is 2.28. The average molecular weight is 426 g/mol. The number of aromatic nitrogens is 3. The molecule has 162 valence electrons. The SMILES string of the molecule is CC(=O)CN1CCc2c(nc(-n3c(C)cc4ccccc43)nc2NCc2ccccc2)C1. The van der Waals surface area contributed by atoms with E-state index >= 15 is 0 Å². The molecule has 0 aliphatic carbocycles. The van der Waals surface area contributed by atoms with E-state index in [9.17, 15) is 4.79 Å². The zero-order valence-electron chi connectivity index (χ0n) is 18.5. The first kappa shape index (κ1) is 20.4. The Labute approximate surface area is 187 Å². The highest BCUT2D eigenvalue weighted by atomic mass is 16.1. The molecule has 1 aliphatic rings. The number of nitrogens with one attached hydrogen (secondary N) is 1. The number of anilines is 1. The number of rotatable bonds is 6. The number of aryl methyl sites for hydroxylation is 1. The van der Waals surface area contributed by atoms with Gasteiger partial charge in [0.25, 0.3) is 0 Å². The highest BCUT2D eigenvalue weighted by Gasteiger charge is 2.24. The van der Waals surface area contributed by atoms with Gasteiger partial charge in [-0.1, -0.05) is 48.5 Å². The molecule has 32 heavy (non-hydrogen) atoms. The van der Waals surface area contributed by atoms with Gasteiger partial charge in [-0.15, -0.1) is 0 Å². The molecule has 0 fully saturated rings. The van der Waals surface area contributed by atoms with Gasteiger partial charge in [0.2, 0.25) is 5.95 Å². The molecule has 0 unspecified atom stereocenters. The number of carbonyl (C=O) groups excluding carboxylic acids is 1. The van der Waals surface area contributed by atoms with Crippen molar-refractivity contribution in [1.29, 1.82) is 0 Å². The predicted molar refractivity (Wildman–Crippen MR) is 127 cm³/mol. The largest absolute Gasteiger partial charge is 0.366 e. The fraction of sp³-hybridized carbons (Fsp3) is 0.269. The number of Topliss-reactive ketones (excluding diaryl/α,β-unsaturated/α-hetero) is 1. The van der Waals surface area contributed by atoms with Crippen LogP contribution in [0.4, 0.5) is 5.82 Å². The first-order chi connectivity index (χ1) is 15.6. The molecule has 4 aromatic rings. The lowest BCUT2D eigenvalue weighted by Gasteiger charge is -2.28. The number of ketones is 1. The van der Waals surface area contributed by atoms with Crippen molar-refractivity contribution < 1.29 is 4.79 Å². The summed E-state index contributed by atoms with van der Waals surface area (Å²) in [7, 11) is 0. The minimum absolute atomic E-state index is 0.178. The lowest BCUT2D eigenvalue weighted by atomic mass is 10.0. The Morgan fingerprint density at radius 2 is 1.84 bits per heavy atom. The van der Waals surface area contributed by atoms with Crippen molar-refractivity contribution in [2.75, 3.05) is 18.4 Å². The van der Waals surface area contributed by atoms with Crippen LogP contribution in [0.3, 0.4) is 0 Å². The third-order valence-electron chi connectivity index (χ3n) is 5.98. The number of fused-ring (bicyclic) bond motifs is 2. The summed E-state index contributed by atoms with van der Waals surface area (Å²) in [6, 6.07) is 20.8. The van der Waals surface area contributed by atoms with Crippen LogP contribution < -0.4 is 5.32 Å². The minimum Gasteiger partial charge on any atom is -0.366 e. The molecule has 6 nitrogen and oxygen atoms in total. The first-order valence-electron chi connectivity index (χ1n) is 11.1. The third kappa shape index (κ3) is 4.01. The molecule has 2 aromatic carbocycles. The molecule has 3 heterocycles. The monoisotopic (exact) mass is 425 g/mol. The van der Waals surface area contributed by atoms with E-state index in [1.54, 1.807) is 6.92 Å². The number of carbonyl (C=O) groups is 1. The quantitative estimate of drug-likeness (QED) is 0.499. The van der Waals surface area contributed by atoms with Gasteiger partial charge < -0.3 is 5.32 Å². The zero-order valence-corrected chi connectivity index (χ0v) is 18.5. The van der Waals surface area contributed by atoms with Gasteiger partial charge in [-0.2, -0.15) is 4.98 Å². The van der Waals surface area contributed by atoms with E-state index in [1.807, 2.05) is 30.3 Å². The molecule has 0 spiro atoms. The van der Waals surface area contributed by atoms with E-state index in [1.165, 1.54) is 10.9 Å². The van der Waals surface area contributed by atoms with Crippen molar-refractivity contribution >= 4 is 22.5 Å². The van der Waals surface area contributed by atoms with Gasteiger partial charge in [0.05, 0.1) is 17.8 Å². The van der Waals surface area contributed by atoms with Crippen LogP contribution in [0, 0.1) is 6.92 Å². The smallest absolute Gasteiger partial charge is 0.236 e. The number of hydrogen-bond acceptors (Lipinski definition) is 5. The Morgan fingerprint density at radius 3 is 2.66 bits per heavy atom. The van der Waals surface area contributed by atoms with E-state index in [0.29, 0.717) is 25.6 Å². The van der Waals surface area contributed by atoms with Crippen molar-refractivity contribution in [2.45, 2.75) is 33.4 Å². The standard InChI is InChI=1S/C26H27N5O/c1-18-14-21-10-6-7-11-24(21)31(18)26-28-23-17-30(16-19(2)32)13-12-22(23)25(29-26)27-15-20-8-4-3-5-9-20/h3-11,14H,12-13,15-17H2,1-2H3,(H,27,28,29). The summed E-state index contributed by atoms with van der Waals surface area (Å²) < 4.78 is 2.12. The number of benzene rings is 2. The highest BCUT2D eigenvalue weighted by molar-refractivity contribution is 5.82. The molecule has 0 atom stereocenters. The van der Waals surface area contributed by atoms with E-state index in [0.717, 1.165) is 41.3 Å². The van der Waals surface area contributed by atoms with Gasteiger partial charge in [-0.3, -0.25) is 14.3 Å². The van der Waals surface area contributed by atoms with Gasteiger partial charge in [0.1, 0.15) is 11.6 Å². The maximum atomic E-state index is 11.7. The molecule has 0 radical (unpaired) electrons. The van der Waals surface area contributed by atoms with Crippen LogP contribution in [0.2, 0.25) is 0 Å². The lowest BCUT2D eigenvalue weighted by molar-refractivity contribution is -0.118. The summed E-state index contributed by atoms with van der Waals surface area (Å²) >= 11 is 0. The lowest BCUT2D eigenvalue weighted by Crippen LogP contribution is -2.35. The van der Waals surface area contributed by atoms with Crippen LogP contribution in [-0.2, 0) is 24.3 Å². The average Bonchev–Trinajstić information content (AvgIpc) is 3.13. The van der Waals surface area contributed by atoms with Crippen LogP contribution in [0.1, 0.15) is 29.4 Å². The van der Waals surface area contributed by atoms with Gasteiger partial charge in [-0.05, 0) is 38.0 Å². The van der Waals surface area contributed by atoms with E-state index in [-0.39, 0.29) is 5.78 Å². The fourth-order valence-electron chi connectivity index (χ4n) is 4.51. The summed E-state index contributed by atoms with van der Waals surface area (Å²) in [6.45, 7) is 6.37. The van der Waals surface area contributed by atoms with E-state index in [2.05, 4.69) is 52.0 Å². The maximum Gasteiger partial charge on any atom is 0.236 e. The zero-order chi connectivity index (χ0) is 22.1. The van der Waals surface area contributed by atoms with E-state index < -0.39 is 0 Å². The third-order valence-corrected chi connectivity index (χ3v) is 5.98. The molecule has 5 rings (SSSR count). The molecule has 0 saturated heterocycles. The molecule has 0 saturated carbocycles. The second-order valence-electron chi connectivity index (χ2n) is 8.48. The molecular weight excluding hydrogens is 398 g/mol. The van der Waals surface area contributed by atoms with Crippen molar-refractivity contribution in [3.8, 4) is 5.95 Å². The Morgan fingerprint density at radius 1 is 1.06 bits per heavy atom. The van der Waals surface area contributed by atoms with Crippen molar-refractivity contribution in [1.82, 2.24) is 19.4 Å². The maximum absolute atomic E-state index is 11.7. The molecule has 0 amide bonds. The molecule has 0 bridgehead atoms. The van der Waals surface area contributed by atoms with Crippen LogP contribution in [0.15, 0.2) is 60.7 Å². The topological polar surface area (TPSA) is 63.1 Å². The second-order valence-corrected chi connectivity index (χ2v) is 8.48. The number of nitrogens with zero attached hydrogens (tertiary/aromatic N) is 4. The summed E-state index contributed by atoms with van der Waals surface area (Å²) in [4.78, 5) is 23.9. The molecule has 1 N–H and O–H groups in total. The normalized spacial score (nSPS) is 13.8. The molecule has 1 aliphatic heterocycles. The Bertz CT molecular complexity index is 1280. The van der Waals surface area contributed by atoms with Gasteiger partial charge in [-0.25, -0.2) is 4.98 Å². The van der Waals surface area contributed by atoms with E-state index in [4.69, 9.17) is 9.97 Å². The van der Waals surface area contributed by atoms with Crippen molar-refractivity contribution in [3.63, 3.8) is 0 Å². The van der Waals surface area contributed by atoms with Gasteiger partial charge in [0.15, 0.2) is 0 Å². The van der Waals surface area contributed by atoms with Crippen LogP contribution in [0.25, 0.3) is 16.9 Å². The van der Waals surface area contributed by atoms with Crippen molar-refractivity contribution in [2.24, 2.45) is 0 Å². The summed E-state index contributed by atoms with van der Waals surface area (Å²) in [5.74, 6) is 1.73.